The molecule has 0 radical (unpaired) electrons. The van der Waals surface area contributed by atoms with Crippen molar-refractivity contribution in [1.82, 2.24) is 20.4 Å². The second kappa shape index (κ2) is 6.54. The molecule has 1 heterocycles. The van der Waals surface area contributed by atoms with Gasteiger partial charge < -0.3 is 9.47 Å². The number of nitrogens with two attached hydrogens (primary N) is 1. The predicted octanol–water partition coefficient (Wildman–Crippen LogP) is -0.189. The van der Waals surface area contributed by atoms with Crippen LogP contribution in [0.3, 0.4) is 0 Å². The largest absolute Gasteiger partial charge is 0.354 e. The van der Waals surface area contributed by atoms with Gasteiger partial charge in [0.1, 0.15) is 6.04 Å². The molecule has 0 aliphatic carbocycles. The number of rotatable bonds is 7. The molecule has 1 rings (SSSR count). The molecule has 16 heavy (non-hydrogen) atoms. The number of hydrazine groups is 1. The fourth-order valence-corrected chi connectivity index (χ4v) is 1.56. The highest BCUT2D eigenvalue weighted by molar-refractivity contribution is 5.03. The molecule has 7 nitrogen and oxygen atoms in total. The molecule has 0 saturated heterocycles. The molecule has 0 aliphatic heterocycles. The van der Waals surface area contributed by atoms with Crippen LogP contribution in [0.1, 0.15) is 25.1 Å². The van der Waals surface area contributed by atoms with Gasteiger partial charge in [-0.2, -0.15) is 0 Å². The molecule has 1 aromatic heterocycles. The first-order chi connectivity index (χ1) is 7.78. The number of ether oxygens (including phenoxy) is 2. The van der Waals surface area contributed by atoms with Gasteiger partial charge in [-0.05, 0) is 6.42 Å². The molecule has 0 saturated carbocycles. The van der Waals surface area contributed by atoms with Gasteiger partial charge in [0, 0.05) is 20.8 Å². The minimum absolute atomic E-state index is 0.295. The van der Waals surface area contributed by atoms with Crippen molar-refractivity contribution in [1.29, 1.82) is 0 Å². The van der Waals surface area contributed by atoms with Crippen molar-refractivity contribution < 1.29 is 9.47 Å². The van der Waals surface area contributed by atoms with Crippen molar-refractivity contribution in [3.05, 3.63) is 11.9 Å². The Morgan fingerprint density at radius 3 is 2.69 bits per heavy atom. The van der Waals surface area contributed by atoms with Crippen LogP contribution in [0.5, 0.6) is 0 Å². The van der Waals surface area contributed by atoms with E-state index in [4.69, 9.17) is 15.3 Å². The first-order valence-electron chi connectivity index (χ1n) is 5.18. The monoisotopic (exact) mass is 229 g/mol. The minimum Gasteiger partial charge on any atom is -0.354 e. The van der Waals surface area contributed by atoms with Crippen LogP contribution in [-0.4, -0.2) is 35.5 Å². The molecule has 7 heteroatoms. The Hall–Kier alpha value is -1.02. The average Bonchev–Trinajstić information content (AvgIpc) is 2.74. The van der Waals surface area contributed by atoms with Gasteiger partial charge in [0.25, 0.3) is 0 Å². The average molecular weight is 229 g/mol. The zero-order valence-electron chi connectivity index (χ0n) is 9.88. The predicted molar refractivity (Wildman–Crippen MR) is 58.2 cm³/mol. The molecular weight excluding hydrogens is 210 g/mol. The Morgan fingerprint density at radius 1 is 1.50 bits per heavy atom. The molecule has 0 bridgehead atoms. The van der Waals surface area contributed by atoms with Crippen molar-refractivity contribution in [2.45, 2.75) is 32.2 Å². The van der Waals surface area contributed by atoms with Crippen molar-refractivity contribution in [2.75, 3.05) is 14.2 Å². The molecule has 1 atom stereocenters. The lowest BCUT2D eigenvalue weighted by Crippen LogP contribution is -2.39. The van der Waals surface area contributed by atoms with Crippen LogP contribution in [-0.2, 0) is 16.0 Å². The quantitative estimate of drug-likeness (QED) is 0.383. The van der Waals surface area contributed by atoms with Crippen molar-refractivity contribution >= 4 is 0 Å². The van der Waals surface area contributed by atoms with Gasteiger partial charge >= 0.3 is 0 Å². The zero-order valence-corrected chi connectivity index (χ0v) is 9.88. The van der Waals surface area contributed by atoms with Crippen LogP contribution in [0, 0.1) is 0 Å². The van der Waals surface area contributed by atoms with Gasteiger partial charge in [-0.25, -0.2) is 10.1 Å². The van der Waals surface area contributed by atoms with E-state index in [9.17, 15) is 0 Å². The lowest BCUT2D eigenvalue weighted by Gasteiger charge is -2.24. The highest BCUT2D eigenvalue weighted by Gasteiger charge is 2.25. The van der Waals surface area contributed by atoms with Crippen molar-refractivity contribution in [2.24, 2.45) is 5.84 Å². The fraction of sp³-hybridized carbons (Fsp3) is 0.778. The van der Waals surface area contributed by atoms with Crippen LogP contribution < -0.4 is 11.3 Å². The van der Waals surface area contributed by atoms with E-state index in [0.717, 1.165) is 18.7 Å². The topological polar surface area (TPSA) is 87.2 Å². The van der Waals surface area contributed by atoms with E-state index < -0.39 is 6.29 Å². The lowest BCUT2D eigenvalue weighted by atomic mass is 10.2. The Bertz CT molecular complexity index is 300. The molecule has 0 aromatic carbocycles. The molecule has 92 valence electrons. The van der Waals surface area contributed by atoms with Crippen LogP contribution in [0.4, 0.5) is 0 Å². The molecule has 0 fully saturated rings. The van der Waals surface area contributed by atoms with E-state index in [2.05, 4.69) is 22.7 Å². The van der Waals surface area contributed by atoms with Gasteiger partial charge in [0.15, 0.2) is 6.29 Å². The van der Waals surface area contributed by atoms with E-state index in [1.54, 1.807) is 25.1 Å². The number of hydrogen-bond donors (Lipinski definition) is 2. The lowest BCUT2D eigenvalue weighted by molar-refractivity contribution is -0.125. The van der Waals surface area contributed by atoms with E-state index in [-0.39, 0.29) is 6.04 Å². The molecule has 1 unspecified atom stereocenters. The third-order valence-electron chi connectivity index (χ3n) is 2.32. The van der Waals surface area contributed by atoms with Gasteiger partial charge in [-0.3, -0.25) is 5.84 Å². The van der Waals surface area contributed by atoms with Crippen molar-refractivity contribution in [3.63, 3.8) is 0 Å². The number of nitrogens with zero attached hydrogens (tertiary/aromatic N) is 3. The Morgan fingerprint density at radius 2 is 2.19 bits per heavy atom. The summed E-state index contributed by atoms with van der Waals surface area (Å²) in [5, 5.41) is 7.85. The SMILES string of the molecule is CCCn1nncc1C(NN)C(OC)OC. The van der Waals surface area contributed by atoms with Gasteiger partial charge in [0.05, 0.1) is 11.9 Å². The van der Waals surface area contributed by atoms with Crippen molar-refractivity contribution in [3.8, 4) is 0 Å². The molecule has 1 aromatic rings. The smallest absolute Gasteiger partial charge is 0.179 e. The van der Waals surface area contributed by atoms with Crippen LogP contribution in [0.25, 0.3) is 0 Å². The summed E-state index contributed by atoms with van der Waals surface area (Å²) in [6.07, 6.45) is 2.16. The maximum Gasteiger partial charge on any atom is 0.179 e. The number of hydrogen-bond acceptors (Lipinski definition) is 6. The standard InChI is InChI=1S/C9H19N5O2/c1-4-5-14-7(6-11-13-14)8(12-10)9(15-2)16-3/h6,8-9,12H,4-5,10H2,1-3H3. The summed E-state index contributed by atoms with van der Waals surface area (Å²) < 4.78 is 12.1. The minimum atomic E-state index is -0.473. The third-order valence-corrected chi connectivity index (χ3v) is 2.32. The first-order valence-corrected chi connectivity index (χ1v) is 5.18. The van der Waals surface area contributed by atoms with E-state index in [0.29, 0.717) is 0 Å². The normalized spacial score (nSPS) is 13.3. The van der Waals surface area contributed by atoms with Gasteiger partial charge in [-0.1, -0.05) is 12.1 Å². The molecular formula is C9H19N5O2. The number of aryl methyl sites for hydroxylation is 1. The molecule has 3 N–H and O–H groups in total. The molecule has 0 spiro atoms. The highest BCUT2D eigenvalue weighted by Crippen LogP contribution is 2.17. The first kappa shape index (κ1) is 13.0. The third kappa shape index (κ3) is 2.76. The summed E-state index contributed by atoms with van der Waals surface area (Å²) >= 11 is 0. The summed E-state index contributed by atoms with van der Waals surface area (Å²) in [4.78, 5) is 0. The second-order valence-corrected chi connectivity index (χ2v) is 3.37. The zero-order chi connectivity index (χ0) is 12.0. The number of nitrogens with one attached hydrogen (secondary N) is 1. The van der Waals surface area contributed by atoms with Gasteiger partial charge in [-0.15, -0.1) is 5.10 Å². The fourth-order valence-electron chi connectivity index (χ4n) is 1.56. The summed E-state index contributed by atoms with van der Waals surface area (Å²) in [5.74, 6) is 5.50. The Labute approximate surface area is 94.9 Å². The van der Waals surface area contributed by atoms with Crippen LogP contribution in [0.15, 0.2) is 6.20 Å². The van der Waals surface area contributed by atoms with E-state index >= 15 is 0 Å². The summed E-state index contributed by atoms with van der Waals surface area (Å²) in [5.41, 5.74) is 3.50. The maximum atomic E-state index is 5.50. The van der Waals surface area contributed by atoms with E-state index in [1.165, 1.54) is 0 Å². The number of methoxy groups -OCH3 is 2. The summed E-state index contributed by atoms with van der Waals surface area (Å²) in [7, 11) is 3.12. The molecule has 0 amide bonds. The molecule has 0 aliphatic rings. The second-order valence-electron chi connectivity index (χ2n) is 3.37. The van der Waals surface area contributed by atoms with E-state index in [1.807, 2.05) is 0 Å². The van der Waals surface area contributed by atoms with Crippen LogP contribution >= 0.6 is 0 Å². The Balaban J connectivity index is 2.88. The Kier molecular flexibility index (Phi) is 5.33. The summed E-state index contributed by atoms with van der Waals surface area (Å²) in [6, 6.07) is -0.295. The van der Waals surface area contributed by atoms with Crippen LogP contribution in [0.2, 0.25) is 0 Å². The highest BCUT2D eigenvalue weighted by atomic mass is 16.7. The summed E-state index contributed by atoms with van der Waals surface area (Å²) in [6.45, 7) is 2.86. The number of aromatic nitrogens is 3. The van der Waals surface area contributed by atoms with Gasteiger partial charge in [0.2, 0.25) is 0 Å². The maximum absolute atomic E-state index is 5.50.